The summed E-state index contributed by atoms with van der Waals surface area (Å²) in [6.45, 7) is -13.6. The molecule has 44 heavy (non-hydrogen) atoms. The summed E-state index contributed by atoms with van der Waals surface area (Å²) in [7, 11) is 1.54. The fraction of sp³-hybridized carbons (Fsp3) is 0.375. The topological polar surface area (TPSA) is 123 Å². The Morgan fingerprint density at radius 1 is 1.20 bits per heavy atom. The van der Waals surface area contributed by atoms with Gasteiger partial charge in [0.15, 0.2) is 23.1 Å². The van der Waals surface area contributed by atoms with Gasteiger partial charge < -0.3 is 24.6 Å². The molecule has 1 aliphatic heterocycles. The molecule has 1 aliphatic carbocycles. The average Bonchev–Trinajstić information content (AvgIpc) is 3.68. The minimum absolute atomic E-state index is 0.0541. The molecular formula is C32H35N9O3. The average molecular weight is 605 g/mol. The highest BCUT2D eigenvalue weighted by atomic mass is 16.5. The molecule has 1 amide bonds. The van der Waals surface area contributed by atoms with E-state index in [0.717, 1.165) is 12.0 Å². The number of hydrogen-bond donors (Lipinski definition) is 1. The summed E-state index contributed by atoms with van der Waals surface area (Å²) in [6.07, 6.45) is 3.34. The third-order valence-corrected chi connectivity index (χ3v) is 7.56. The van der Waals surface area contributed by atoms with Gasteiger partial charge in [-0.05, 0) is 55.1 Å². The smallest absolute Gasteiger partial charge is 0.228 e. The molecule has 2 fully saturated rings. The number of hydrogen-bond acceptors (Lipinski definition) is 10. The normalized spacial score (nSPS) is 26.6. The lowest BCUT2D eigenvalue weighted by molar-refractivity contribution is -0.117. The van der Waals surface area contributed by atoms with Crippen molar-refractivity contribution < 1.29 is 29.3 Å². The van der Waals surface area contributed by atoms with E-state index >= 15 is 0 Å². The van der Waals surface area contributed by atoms with E-state index in [4.69, 9.17) is 19.8 Å². The first-order valence-electron chi connectivity index (χ1n) is 19.3. The molecule has 1 N–H and O–H groups in total. The molecular weight excluding hydrogens is 558 g/mol. The fourth-order valence-corrected chi connectivity index (χ4v) is 4.99. The molecule has 12 nitrogen and oxygen atoms in total. The first-order chi connectivity index (χ1) is 25.6. The Kier molecular flexibility index (Phi) is 4.80. The molecule has 7 rings (SSSR count). The van der Waals surface area contributed by atoms with Gasteiger partial charge in [0.1, 0.15) is 11.3 Å². The second kappa shape index (κ2) is 11.7. The van der Waals surface area contributed by atoms with Crippen LogP contribution in [0.1, 0.15) is 40.8 Å². The number of methoxy groups -OCH3 is 1. The number of morpholine rings is 1. The van der Waals surface area contributed by atoms with Gasteiger partial charge in [0, 0.05) is 53.3 Å². The molecule has 1 aromatic carbocycles. The van der Waals surface area contributed by atoms with Crippen LogP contribution in [0, 0.1) is 11.8 Å². The molecule has 2 atom stereocenters. The lowest BCUT2D eigenvalue weighted by atomic mass is 10.1. The van der Waals surface area contributed by atoms with Crippen molar-refractivity contribution in [1.29, 1.82) is 0 Å². The van der Waals surface area contributed by atoms with Gasteiger partial charge in [-0.2, -0.15) is 0 Å². The summed E-state index contributed by atoms with van der Waals surface area (Å²) in [5.74, 6) is 0.800. The molecule has 2 aliphatic rings. The summed E-state index contributed by atoms with van der Waals surface area (Å²) >= 11 is 0. The maximum atomic E-state index is 12.9. The molecule has 12 heteroatoms. The van der Waals surface area contributed by atoms with Crippen molar-refractivity contribution in [2.75, 3.05) is 54.9 Å². The summed E-state index contributed by atoms with van der Waals surface area (Å²) in [6, 6.07) is 11.3. The third-order valence-electron chi connectivity index (χ3n) is 7.56. The molecule has 226 valence electrons. The Hall–Kier alpha value is -4.84. The molecule has 4 aromatic heterocycles. The molecule has 0 unspecified atom stereocenters. The van der Waals surface area contributed by atoms with E-state index in [2.05, 4.69) is 35.3 Å². The van der Waals surface area contributed by atoms with Crippen LogP contribution in [0.4, 0.5) is 17.3 Å². The zero-order valence-corrected chi connectivity index (χ0v) is 23.8. The Labute approximate surface area is 270 Å². The molecule has 5 aromatic rings. The number of pyridine rings is 2. The molecule has 0 radical (unpaired) electrons. The Morgan fingerprint density at radius 2 is 2.02 bits per heavy atom. The van der Waals surface area contributed by atoms with Crippen LogP contribution in [0.25, 0.3) is 27.9 Å². The monoisotopic (exact) mass is 604 g/mol. The van der Waals surface area contributed by atoms with E-state index in [-0.39, 0.29) is 64.2 Å². The van der Waals surface area contributed by atoms with Gasteiger partial charge in [0.25, 0.3) is 0 Å². The van der Waals surface area contributed by atoms with Crippen molar-refractivity contribution in [1.82, 2.24) is 29.8 Å². The van der Waals surface area contributed by atoms with Gasteiger partial charge in [-0.15, -0.1) is 15.3 Å². The van der Waals surface area contributed by atoms with Crippen molar-refractivity contribution in [2.45, 2.75) is 26.7 Å². The molecule has 5 heterocycles. The first-order valence-corrected chi connectivity index (χ1v) is 13.8. The number of fused-ring (bicyclic) bond motifs is 2. The number of rotatable bonds is 9. The van der Waals surface area contributed by atoms with Crippen molar-refractivity contribution in [3.05, 3.63) is 60.4 Å². The summed E-state index contributed by atoms with van der Waals surface area (Å²) in [5, 5.41) is 16.3. The zero-order chi connectivity index (χ0) is 39.9. The van der Waals surface area contributed by atoms with Crippen LogP contribution in [0.2, 0.25) is 0 Å². The largest absolute Gasteiger partial charge is 0.497 e. The predicted molar refractivity (Wildman–Crippen MR) is 168 cm³/mol. The van der Waals surface area contributed by atoms with Gasteiger partial charge in [-0.25, -0.2) is 14.5 Å². The summed E-state index contributed by atoms with van der Waals surface area (Å²) in [4.78, 5) is 24.0. The number of aromatic nitrogens is 6. The first kappa shape index (κ1) is 18.1. The van der Waals surface area contributed by atoms with E-state index in [1.165, 1.54) is 36.2 Å². The highest BCUT2D eigenvalue weighted by Crippen LogP contribution is 2.39. The Morgan fingerprint density at radius 3 is 2.77 bits per heavy atom. The van der Waals surface area contributed by atoms with Gasteiger partial charge in [0.05, 0.1) is 43.1 Å². The van der Waals surface area contributed by atoms with Crippen molar-refractivity contribution >= 4 is 39.8 Å². The number of ether oxygens (including phenoxy) is 2. The summed E-state index contributed by atoms with van der Waals surface area (Å²) < 4.78 is 101. The quantitative estimate of drug-likeness (QED) is 0.262. The fourth-order valence-electron chi connectivity index (χ4n) is 4.99. The van der Waals surface area contributed by atoms with Crippen LogP contribution in [-0.2, 0) is 16.1 Å². The van der Waals surface area contributed by atoms with Crippen LogP contribution >= 0.6 is 0 Å². The van der Waals surface area contributed by atoms with Gasteiger partial charge >= 0.3 is 0 Å². The van der Waals surface area contributed by atoms with E-state index in [1.54, 1.807) is 35.2 Å². The van der Waals surface area contributed by atoms with E-state index in [1.807, 2.05) is 6.92 Å². The van der Waals surface area contributed by atoms with Crippen LogP contribution in [0.15, 0.2) is 54.9 Å². The minimum Gasteiger partial charge on any atom is -0.497 e. The number of benzene rings is 1. The molecule has 1 saturated carbocycles. The number of anilines is 3. The standard InChI is InChI=1S/C32H35N9O3/c1-4-39(18-21-5-8-23(43-3)9-6-21)31-29-25(16-27(36-37-29)34-32(42)24-15-20(24)2)26(17-33-31)30-35-28-10-7-22(19-41(28)38-30)40-11-13-44-14-12-40/h5-10,16-17,19-20,24H,4,11-15,18H2,1-3H3,(H,34,36,42)/t20-,24+/m1/s1/i1D3,11D2,12D2,13D2,14D2. The maximum absolute atomic E-state index is 12.9. The number of amides is 1. The van der Waals surface area contributed by atoms with Crippen molar-refractivity contribution in [2.24, 2.45) is 11.8 Å². The predicted octanol–water partition coefficient (Wildman–Crippen LogP) is 4.20. The molecule has 1 saturated heterocycles. The lowest BCUT2D eigenvalue weighted by Gasteiger charge is -2.28. The van der Waals surface area contributed by atoms with Crippen LogP contribution in [0.3, 0.4) is 0 Å². The van der Waals surface area contributed by atoms with Crippen LogP contribution in [-0.4, -0.2) is 75.5 Å². The van der Waals surface area contributed by atoms with Gasteiger partial charge in [0.2, 0.25) is 5.91 Å². The Balaban J connectivity index is 1.34. The van der Waals surface area contributed by atoms with E-state index in [9.17, 15) is 4.79 Å². The number of carbonyl (C=O) groups excluding carboxylic acids is 1. The number of nitrogens with one attached hydrogen (secondary N) is 1. The highest BCUT2D eigenvalue weighted by molar-refractivity contribution is 6.01. The van der Waals surface area contributed by atoms with Gasteiger partial charge in [-0.3, -0.25) is 4.79 Å². The number of nitrogens with zero attached hydrogens (tertiary/aromatic N) is 8. The zero-order valence-electron chi connectivity index (χ0n) is 34.8. The highest BCUT2D eigenvalue weighted by Gasteiger charge is 2.39. The molecule has 0 bridgehead atoms. The SMILES string of the molecule is [2H]C([2H])([2H])CN(Cc1ccc(OC)cc1)c1ncc(-c2nc3ccc(N4C([2H])([2H])C([2H])([2H])OC([2H])([2H])C4([2H])[2H])cn3n2)c2cc(NC(=O)[C@H]3C[C@H]3C)nnc12. The third kappa shape index (κ3) is 5.48. The van der Waals surface area contributed by atoms with Gasteiger partial charge in [-0.1, -0.05) is 19.1 Å². The van der Waals surface area contributed by atoms with Crippen molar-refractivity contribution in [3.63, 3.8) is 0 Å². The Bertz CT molecular complexity index is 2260. The van der Waals surface area contributed by atoms with Crippen molar-refractivity contribution in [3.8, 4) is 17.1 Å². The second-order valence-electron chi connectivity index (χ2n) is 10.5. The number of carbonyl (C=O) groups is 1. The van der Waals surface area contributed by atoms with E-state index < -0.39 is 39.5 Å². The minimum atomic E-state index is -3.26. The summed E-state index contributed by atoms with van der Waals surface area (Å²) in [5.41, 5.74) is 1.15. The maximum Gasteiger partial charge on any atom is 0.228 e. The molecule has 0 spiro atoms. The van der Waals surface area contributed by atoms with E-state index in [0.29, 0.717) is 16.0 Å². The van der Waals surface area contributed by atoms with Crippen LogP contribution in [0.5, 0.6) is 5.75 Å². The lowest BCUT2D eigenvalue weighted by Crippen LogP contribution is -2.36. The second-order valence-corrected chi connectivity index (χ2v) is 10.5. The van der Waals surface area contributed by atoms with Crippen LogP contribution < -0.4 is 19.9 Å².